The minimum Gasteiger partial charge on any atom is -0.464 e. The average Bonchev–Trinajstić information content (AvgIpc) is 3.03. The molecule has 2 aromatic heterocycles. The van der Waals surface area contributed by atoms with Gasteiger partial charge in [0.25, 0.3) is 0 Å². The molecule has 0 bridgehead atoms. The van der Waals surface area contributed by atoms with Crippen molar-refractivity contribution in [2.24, 2.45) is 0 Å². The van der Waals surface area contributed by atoms with E-state index in [1.807, 2.05) is 44.2 Å². The molecule has 0 fully saturated rings. The van der Waals surface area contributed by atoms with Crippen molar-refractivity contribution in [3.05, 3.63) is 47.7 Å². The Morgan fingerprint density at radius 2 is 2.05 bits per heavy atom. The Labute approximate surface area is 117 Å². The average molecular weight is 270 g/mol. The second-order valence-corrected chi connectivity index (χ2v) is 4.96. The Hall–Kier alpha value is -2.23. The van der Waals surface area contributed by atoms with Gasteiger partial charge in [0.1, 0.15) is 17.0 Å². The molecule has 104 valence electrons. The molecule has 0 radical (unpaired) electrons. The van der Waals surface area contributed by atoms with Crippen molar-refractivity contribution in [1.29, 1.82) is 0 Å². The number of benzene rings is 1. The lowest BCUT2D eigenvalue weighted by Crippen LogP contribution is -2.05. The predicted molar refractivity (Wildman–Crippen MR) is 78.9 cm³/mol. The molecular formula is C16H18N2O2. The molecule has 0 aliphatic heterocycles. The van der Waals surface area contributed by atoms with Crippen molar-refractivity contribution >= 4 is 16.8 Å². The zero-order valence-corrected chi connectivity index (χ0v) is 11.9. The van der Waals surface area contributed by atoms with Gasteiger partial charge in [-0.2, -0.15) is 0 Å². The molecule has 2 heterocycles. The van der Waals surface area contributed by atoms with Gasteiger partial charge in [-0.1, -0.05) is 6.92 Å². The summed E-state index contributed by atoms with van der Waals surface area (Å²) < 4.78 is 11.2. The number of oxazole rings is 1. The van der Waals surface area contributed by atoms with Gasteiger partial charge in [-0.3, -0.25) is 0 Å². The van der Waals surface area contributed by atoms with Crippen LogP contribution in [0.1, 0.15) is 37.3 Å². The number of hydrogen-bond donors (Lipinski definition) is 1. The largest absolute Gasteiger partial charge is 0.464 e. The summed E-state index contributed by atoms with van der Waals surface area (Å²) in [6.45, 7) is 6.05. The minimum atomic E-state index is 0.110. The third-order valence-electron chi connectivity index (χ3n) is 3.31. The number of nitrogens with one attached hydrogen (secondary N) is 1. The Balaban J connectivity index is 1.83. The summed E-state index contributed by atoms with van der Waals surface area (Å²) in [5.74, 6) is 2.62. The first-order valence-electron chi connectivity index (χ1n) is 6.88. The monoisotopic (exact) mass is 270 g/mol. The fourth-order valence-electron chi connectivity index (χ4n) is 2.22. The minimum absolute atomic E-state index is 0.110. The van der Waals surface area contributed by atoms with E-state index in [0.717, 1.165) is 40.6 Å². The Bertz CT molecular complexity index is 727. The number of hydrogen-bond acceptors (Lipinski definition) is 4. The van der Waals surface area contributed by atoms with Crippen LogP contribution in [0.2, 0.25) is 0 Å². The van der Waals surface area contributed by atoms with Crippen LogP contribution in [0.15, 0.2) is 39.2 Å². The summed E-state index contributed by atoms with van der Waals surface area (Å²) in [5.41, 5.74) is 2.72. The Morgan fingerprint density at radius 3 is 2.75 bits per heavy atom. The number of aryl methyl sites for hydroxylation is 2. The van der Waals surface area contributed by atoms with Crippen LogP contribution >= 0.6 is 0 Å². The lowest BCUT2D eigenvalue weighted by atomic mass is 10.2. The van der Waals surface area contributed by atoms with E-state index in [1.165, 1.54) is 0 Å². The number of rotatable bonds is 4. The highest BCUT2D eigenvalue weighted by Crippen LogP contribution is 2.24. The molecular weight excluding hydrogens is 252 g/mol. The molecule has 0 aliphatic carbocycles. The summed E-state index contributed by atoms with van der Waals surface area (Å²) >= 11 is 0. The summed E-state index contributed by atoms with van der Waals surface area (Å²) in [5, 5.41) is 3.42. The van der Waals surface area contributed by atoms with E-state index in [0.29, 0.717) is 0 Å². The smallest absolute Gasteiger partial charge is 0.195 e. The molecule has 4 heteroatoms. The maximum Gasteiger partial charge on any atom is 0.195 e. The van der Waals surface area contributed by atoms with Crippen LogP contribution in [0, 0.1) is 6.92 Å². The van der Waals surface area contributed by atoms with E-state index >= 15 is 0 Å². The summed E-state index contributed by atoms with van der Waals surface area (Å²) in [6, 6.07) is 10.0. The van der Waals surface area contributed by atoms with Crippen LogP contribution in [-0.2, 0) is 6.42 Å². The lowest BCUT2D eigenvalue weighted by molar-refractivity contribution is 0.467. The summed E-state index contributed by atoms with van der Waals surface area (Å²) in [4.78, 5) is 4.45. The second-order valence-electron chi connectivity index (χ2n) is 4.96. The van der Waals surface area contributed by atoms with Crippen LogP contribution in [-0.4, -0.2) is 4.98 Å². The molecule has 1 unspecified atom stereocenters. The van der Waals surface area contributed by atoms with Crippen LogP contribution in [0.3, 0.4) is 0 Å². The molecule has 0 amide bonds. The van der Waals surface area contributed by atoms with Crippen molar-refractivity contribution in [3.8, 4) is 0 Å². The molecule has 3 aromatic rings. The first kappa shape index (κ1) is 12.8. The van der Waals surface area contributed by atoms with Gasteiger partial charge in [0.2, 0.25) is 0 Å². The molecule has 1 N–H and O–H groups in total. The summed E-state index contributed by atoms with van der Waals surface area (Å²) in [6.07, 6.45) is 0.805. The molecule has 0 aliphatic rings. The van der Waals surface area contributed by atoms with E-state index in [1.54, 1.807) is 0 Å². The van der Waals surface area contributed by atoms with E-state index < -0.39 is 0 Å². The highest BCUT2D eigenvalue weighted by atomic mass is 16.3. The van der Waals surface area contributed by atoms with E-state index in [2.05, 4.69) is 17.2 Å². The van der Waals surface area contributed by atoms with Crippen LogP contribution in [0.5, 0.6) is 0 Å². The quantitative estimate of drug-likeness (QED) is 0.760. The third-order valence-corrected chi connectivity index (χ3v) is 3.31. The highest BCUT2D eigenvalue weighted by Gasteiger charge is 2.11. The number of aromatic nitrogens is 1. The Kier molecular flexibility index (Phi) is 3.22. The van der Waals surface area contributed by atoms with Gasteiger partial charge in [-0.15, -0.1) is 0 Å². The second kappa shape index (κ2) is 5.04. The van der Waals surface area contributed by atoms with E-state index in [-0.39, 0.29) is 6.04 Å². The number of nitrogens with zero attached hydrogens (tertiary/aromatic N) is 1. The molecule has 3 rings (SSSR count). The predicted octanol–water partition coefficient (Wildman–Crippen LogP) is 4.46. The zero-order chi connectivity index (χ0) is 14.1. The van der Waals surface area contributed by atoms with Crippen molar-refractivity contribution in [2.45, 2.75) is 33.2 Å². The molecule has 1 atom stereocenters. The maximum absolute atomic E-state index is 5.63. The van der Waals surface area contributed by atoms with Crippen LogP contribution < -0.4 is 5.32 Å². The maximum atomic E-state index is 5.63. The molecule has 0 saturated carbocycles. The van der Waals surface area contributed by atoms with Crippen LogP contribution in [0.25, 0.3) is 11.1 Å². The highest BCUT2D eigenvalue weighted by molar-refractivity contribution is 5.77. The standard InChI is InChI=1S/C16H18N2O2/c1-4-16-18-13-9-12(6-8-15(13)20-16)17-11(3)14-7-5-10(2)19-14/h5-9,11,17H,4H2,1-3H3. The number of furan rings is 1. The molecule has 0 spiro atoms. The fraction of sp³-hybridized carbons (Fsp3) is 0.312. The van der Waals surface area contributed by atoms with Crippen molar-refractivity contribution in [3.63, 3.8) is 0 Å². The van der Waals surface area contributed by atoms with Gasteiger partial charge in [0.05, 0.1) is 6.04 Å². The third kappa shape index (κ3) is 2.41. The normalized spacial score (nSPS) is 12.8. The van der Waals surface area contributed by atoms with E-state index in [4.69, 9.17) is 8.83 Å². The first-order valence-corrected chi connectivity index (χ1v) is 6.88. The van der Waals surface area contributed by atoms with Gasteiger partial charge < -0.3 is 14.2 Å². The lowest BCUT2D eigenvalue weighted by Gasteiger charge is -2.12. The van der Waals surface area contributed by atoms with Crippen molar-refractivity contribution in [2.75, 3.05) is 5.32 Å². The van der Waals surface area contributed by atoms with Gasteiger partial charge in [-0.05, 0) is 44.2 Å². The van der Waals surface area contributed by atoms with Gasteiger partial charge in [0, 0.05) is 12.1 Å². The SMILES string of the molecule is CCc1nc2cc(NC(C)c3ccc(C)o3)ccc2o1. The van der Waals surface area contributed by atoms with Gasteiger partial charge in [0.15, 0.2) is 11.5 Å². The molecule has 4 nitrogen and oxygen atoms in total. The number of anilines is 1. The zero-order valence-electron chi connectivity index (χ0n) is 11.9. The number of fused-ring (bicyclic) bond motifs is 1. The first-order chi connectivity index (χ1) is 9.65. The molecule has 0 saturated heterocycles. The van der Waals surface area contributed by atoms with Crippen molar-refractivity contribution in [1.82, 2.24) is 4.98 Å². The summed E-state index contributed by atoms with van der Waals surface area (Å²) in [7, 11) is 0. The molecule has 1 aromatic carbocycles. The Morgan fingerprint density at radius 1 is 1.20 bits per heavy atom. The fourth-order valence-corrected chi connectivity index (χ4v) is 2.22. The van der Waals surface area contributed by atoms with Crippen molar-refractivity contribution < 1.29 is 8.83 Å². The molecule has 20 heavy (non-hydrogen) atoms. The van der Waals surface area contributed by atoms with Gasteiger partial charge in [-0.25, -0.2) is 4.98 Å². The van der Waals surface area contributed by atoms with E-state index in [9.17, 15) is 0 Å². The van der Waals surface area contributed by atoms with Crippen LogP contribution in [0.4, 0.5) is 5.69 Å². The van der Waals surface area contributed by atoms with Gasteiger partial charge >= 0.3 is 0 Å². The topological polar surface area (TPSA) is 51.2 Å².